The number of carbonyl (C=O) groups excluding carboxylic acids is 1. The summed E-state index contributed by atoms with van der Waals surface area (Å²) in [5.74, 6) is -0.338. The maximum absolute atomic E-state index is 11.7. The van der Waals surface area contributed by atoms with Gasteiger partial charge in [0, 0.05) is 12.2 Å². The Balaban J connectivity index is 1.87. The molecule has 0 radical (unpaired) electrons. The first-order valence-electron chi connectivity index (χ1n) is 5.66. The summed E-state index contributed by atoms with van der Waals surface area (Å²) in [4.78, 5) is 17.8. The Kier molecular flexibility index (Phi) is 3.97. The molecule has 0 aliphatic carbocycles. The van der Waals surface area contributed by atoms with Gasteiger partial charge in [0.1, 0.15) is 11.8 Å². The van der Waals surface area contributed by atoms with Gasteiger partial charge in [-0.05, 0) is 38.6 Å². The van der Waals surface area contributed by atoms with Crippen molar-refractivity contribution in [1.29, 1.82) is 0 Å². The van der Waals surface area contributed by atoms with E-state index in [0.717, 1.165) is 13.0 Å². The number of hydrogen-bond acceptors (Lipinski definition) is 4. The van der Waals surface area contributed by atoms with E-state index in [4.69, 9.17) is 16.3 Å². The predicted molar refractivity (Wildman–Crippen MR) is 65.2 cm³/mol. The van der Waals surface area contributed by atoms with E-state index in [0.29, 0.717) is 23.4 Å². The number of pyridine rings is 1. The molecule has 1 saturated heterocycles. The van der Waals surface area contributed by atoms with Crippen molar-refractivity contribution in [3.05, 3.63) is 29.0 Å². The molecule has 5 heteroatoms. The van der Waals surface area contributed by atoms with Crippen molar-refractivity contribution >= 4 is 17.6 Å². The van der Waals surface area contributed by atoms with Crippen LogP contribution in [0.2, 0.25) is 5.15 Å². The van der Waals surface area contributed by atoms with Crippen LogP contribution >= 0.6 is 11.6 Å². The minimum absolute atomic E-state index is 0.338. The quantitative estimate of drug-likeness (QED) is 0.611. The highest BCUT2D eigenvalue weighted by Gasteiger charge is 2.22. The van der Waals surface area contributed by atoms with Crippen molar-refractivity contribution < 1.29 is 9.53 Å². The Labute approximate surface area is 106 Å². The topological polar surface area (TPSA) is 42.4 Å². The van der Waals surface area contributed by atoms with Crippen LogP contribution in [0.3, 0.4) is 0 Å². The molecular formula is C12H15ClN2O2. The molecule has 1 aromatic rings. The summed E-state index contributed by atoms with van der Waals surface area (Å²) in [5.41, 5.74) is 0.440. The van der Waals surface area contributed by atoms with E-state index in [1.807, 2.05) is 0 Å². The van der Waals surface area contributed by atoms with Crippen molar-refractivity contribution in [2.45, 2.75) is 18.9 Å². The Morgan fingerprint density at radius 2 is 2.47 bits per heavy atom. The molecule has 1 fully saturated rings. The minimum Gasteiger partial charge on any atom is -0.460 e. The standard InChI is InChI=1S/C12H15ClN2O2/c1-15-6-2-3-10(15)8-17-12(16)9-4-5-11(13)14-7-9/h4-5,7,10H,2-3,6,8H2,1H3/t10-/m0/s1. The van der Waals surface area contributed by atoms with Gasteiger partial charge in [-0.25, -0.2) is 9.78 Å². The van der Waals surface area contributed by atoms with Crippen LogP contribution < -0.4 is 0 Å². The van der Waals surface area contributed by atoms with E-state index in [1.54, 1.807) is 12.1 Å². The SMILES string of the molecule is CN1CCC[C@H]1COC(=O)c1ccc(Cl)nc1. The molecule has 1 atom stereocenters. The Morgan fingerprint density at radius 1 is 1.65 bits per heavy atom. The fourth-order valence-corrected chi connectivity index (χ4v) is 2.05. The van der Waals surface area contributed by atoms with E-state index >= 15 is 0 Å². The van der Waals surface area contributed by atoms with Crippen molar-refractivity contribution in [2.24, 2.45) is 0 Å². The molecule has 2 rings (SSSR count). The molecule has 17 heavy (non-hydrogen) atoms. The fraction of sp³-hybridized carbons (Fsp3) is 0.500. The summed E-state index contributed by atoms with van der Waals surface area (Å²) < 4.78 is 5.26. The molecule has 1 aliphatic rings. The van der Waals surface area contributed by atoms with Crippen molar-refractivity contribution in [1.82, 2.24) is 9.88 Å². The molecule has 0 N–H and O–H groups in total. The van der Waals surface area contributed by atoms with Gasteiger partial charge in [0.05, 0.1) is 5.56 Å². The number of hydrogen-bond donors (Lipinski definition) is 0. The molecule has 2 heterocycles. The van der Waals surface area contributed by atoms with Gasteiger partial charge in [0.2, 0.25) is 0 Å². The second-order valence-corrected chi connectivity index (χ2v) is 4.63. The van der Waals surface area contributed by atoms with E-state index in [-0.39, 0.29) is 5.97 Å². The number of carbonyl (C=O) groups is 1. The normalized spacial score (nSPS) is 20.5. The van der Waals surface area contributed by atoms with Crippen LogP contribution in [-0.4, -0.2) is 42.1 Å². The van der Waals surface area contributed by atoms with Crippen LogP contribution in [0.15, 0.2) is 18.3 Å². The first-order chi connectivity index (χ1) is 8.16. The minimum atomic E-state index is -0.338. The van der Waals surface area contributed by atoms with Crippen molar-refractivity contribution in [3.63, 3.8) is 0 Å². The first kappa shape index (κ1) is 12.3. The van der Waals surface area contributed by atoms with Gasteiger partial charge in [-0.1, -0.05) is 11.6 Å². The number of esters is 1. The van der Waals surface area contributed by atoms with Crippen LogP contribution in [0.5, 0.6) is 0 Å². The fourth-order valence-electron chi connectivity index (χ4n) is 1.94. The van der Waals surface area contributed by atoms with Crippen molar-refractivity contribution in [3.8, 4) is 0 Å². The van der Waals surface area contributed by atoms with Crippen LogP contribution in [0.4, 0.5) is 0 Å². The lowest BCUT2D eigenvalue weighted by Gasteiger charge is -2.18. The summed E-state index contributed by atoms with van der Waals surface area (Å²) >= 11 is 5.65. The third-order valence-corrected chi connectivity index (χ3v) is 3.26. The molecule has 1 aliphatic heterocycles. The van der Waals surface area contributed by atoms with Gasteiger partial charge in [0.15, 0.2) is 0 Å². The molecule has 0 saturated carbocycles. The lowest BCUT2D eigenvalue weighted by Crippen LogP contribution is -2.30. The second-order valence-electron chi connectivity index (χ2n) is 4.24. The second kappa shape index (κ2) is 5.47. The van der Waals surface area contributed by atoms with Crippen LogP contribution in [0.25, 0.3) is 0 Å². The molecule has 0 spiro atoms. The lowest BCUT2D eigenvalue weighted by atomic mass is 10.2. The molecular weight excluding hydrogens is 240 g/mol. The lowest BCUT2D eigenvalue weighted by molar-refractivity contribution is 0.0415. The van der Waals surface area contributed by atoms with Crippen LogP contribution in [0, 0.1) is 0 Å². The highest BCUT2D eigenvalue weighted by molar-refractivity contribution is 6.29. The average Bonchev–Trinajstić information content (AvgIpc) is 2.73. The maximum Gasteiger partial charge on any atom is 0.339 e. The van der Waals surface area contributed by atoms with Gasteiger partial charge in [0.25, 0.3) is 0 Å². The molecule has 0 bridgehead atoms. The third kappa shape index (κ3) is 3.17. The van der Waals surface area contributed by atoms with Gasteiger partial charge < -0.3 is 9.64 Å². The number of rotatable bonds is 3. The number of ether oxygens (including phenoxy) is 1. The Bertz CT molecular complexity index is 394. The Hall–Kier alpha value is -1.13. The summed E-state index contributed by atoms with van der Waals surface area (Å²) in [5, 5.41) is 0.372. The first-order valence-corrected chi connectivity index (χ1v) is 6.03. The average molecular weight is 255 g/mol. The van der Waals surface area contributed by atoms with Crippen LogP contribution in [0.1, 0.15) is 23.2 Å². The van der Waals surface area contributed by atoms with Crippen LogP contribution in [-0.2, 0) is 4.74 Å². The zero-order chi connectivity index (χ0) is 12.3. The number of aromatic nitrogens is 1. The largest absolute Gasteiger partial charge is 0.460 e. The van der Waals surface area contributed by atoms with E-state index in [1.165, 1.54) is 12.6 Å². The van der Waals surface area contributed by atoms with Gasteiger partial charge in [-0.15, -0.1) is 0 Å². The van der Waals surface area contributed by atoms with Gasteiger partial charge in [-0.3, -0.25) is 0 Å². The monoisotopic (exact) mass is 254 g/mol. The van der Waals surface area contributed by atoms with Gasteiger partial charge in [-0.2, -0.15) is 0 Å². The molecule has 92 valence electrons. The number of nitrogens with zero attached hydrogens (tertiary/aromatic N) is 2. The molecule has 0 unspecified atom stereocenters. The van der Waals surface area contributed by atoms with E-state index < -0.39 is 0 Å². The summed E-state index contributed by atoms with van der Waals surface area (Å²) in [7, 11) is 2.05. The predicted octanol–water partition coefficient (Wildman–Crippen LogP) is 1.99. The number of halogens is 1. The maximum atomic E-state index is 11.7. The highest BCUT2D eigenvalue weighted by Crippen LogP contribution is 2.15. The van der Waals surface area contributed by atoms with E-state index in [2.05, 4.69) is 16.9 Å². The van der Waals surface area contributed by atoms with E-state index in [9.17, 15) is 4.79 Å². The number of likely N-dealkylation sites (tertiary alicyclic amines) is 1. The third-order valence-electron chi connectivity index (χ3n) is 3.04. The molecule has 0 amide bonds. The molecule has 0 aromatic carbocycles. The highest BCUT2D eigenvalue weighted by atomic mass is 35.5. The molecule has 1 aromatic heterocycles. The van der Waals surface area contributed by atoms with Crippen molar-refractivity contribution in [2.75, 3.05) is 20.2 Å². The zero-order valence-corrected chi connectivity index (χ0v) is 10.5. The van der Waals surface area contributed by atoms with Gasteiger partial charge >= 0.3 is 5.97 Å². The smallest absolute Gasteiger partial charge is 0.339 e. The zero-order valence-electron chi connectivity index (χ0n) is 9.73. The number of likely N-dealkylation sites (N-methyl/N-ethyl adjacent to an activating group) is 1. The summed E-state index contributed by atoms with van der Waals surface area (Å²) in [6, 6.07) is 3.55. The Morgan fingerprint density at radius 3 is 3.06 bits per heavy atom. The molecule has 4 nitrogen and oxygen atoms in total. The summed E-state index contributed by atoms with van der Waals surface area (Å²) in [6.45, 7) is 1.52. The summed E-state index contributed by atoms with van der Waals surface area (Å²) in [6.07, 6.45) is 3.69.